The molecule has 1 aromatic heterocycles. The van der Waals surface area contributed by atoms with E-state index in [9.17, 15) is 0 Å². The summed E-state index contributed by atoms with van der Waals surface area (Å²) in [6.45, 7) is 3.62. The van der Waals surface area contributed by atoms with Gasteiger partial charge in [-0.3, -0.25) is 5.43 Å². The molecule has 0 aliphatic carbocycles. The number of ether oxygens (including phenoxy) is 1. The second kappa shape index (κ2) is 6.89. The van der Waals surface area contributed by atoms with E-state index in [1.165, 1.54) is 0 Å². The number of hydrazone groups is 1. The van der Waals surface area contributed by atoms with E-state index in [-0.39, 0.29) is 6.10 Å². The zero-order valence-corrected chi connectivity index (χ0v) is 13.4. The molecule has 5 nitrogen and oxygen atoms in total. The van der Waals surface area contributed by atoms with E-state index in [0.717, 1.165) is 48.2 Å². The van der Waals surface area contributed by atoms with Crippen LogP contribution in [-0.4, -0.2) is 35.6 Å². The van der Waals surface area contributed by atoms with Crippen molar-refractivity contribution in [3.05, 3.63) is 35.5 Å². The van der Waals surface area contributed by atoms with Gasteiger partial charge < -0.3 is 15.0 Å². The number of aromatic amines is 1. The number of nitrogens with zero attached hydrogens (tertiary/aromatic N) is 1. The topological polar surface area (TPSA) is 61.4 Å². The predicted molar refractivity (Wildman–Crippen MR) is 93.3 cm³/mol. The van der Waals surface area contributed by atoms with Gasteiger partial charge in [-0.15, -0.1) is 0 Å². The average molecular weight is 316 g/mol. The first-order chi connectivity index (χ1) is 10.7. The highest BCUT2D eigenvalue weighted by atomic mass is 32.1. The monoisotopic (exact) mass is 316 g/mol. The molecule has 0 spiro atoms. The lowest BCUT2D eigenvalue weighted by Crippen LogP contribution is -2.37. The molecule has 6 heteroatoms. The fourth-order valence-electron chi connectivity index (χ4n) is 2.67. The van der Waals surface area contributed by atoms with Gasteiger partial charge in [0.05, 0.1) is 12.3 Å². The number of aryl methyl sites for hydroxylation is 1. The molecule has 3 N–H and O–H groups in total. The van der Waals surface area contributed by atoms with Crippen LogP contribution in [0.25, 0.3) is 10.9 Å². The van der Waals surface area contributed by atoms with Gasteiger partial charge in [-0.2, -0.15) is 5.10 Å². The van der Waals surface area contributed by atoms with Crippen LogP contribution in [-0.2, 0) is 4.74 Å². The lowest BCUT2D eigenvalue weighted by molar-refractivity contribution is 0.114. The molecular formula is C16H20N4OS. The van der Waals surface area contributed by atoms with Gasteiger partial charge in [-0.05, 0) is 38.0 Å². The molecule has 22 heavy (non-hydrogen) atoms. The van der Waals surface area contributed by atoms with Crippen LogP contribution in [0.15, 0.2) is 29.4 Å². The molecule has 0 bridgehead atoms. The van der Waals surface area contributed by atoms with Crippen LogP contribution in [0.4, 0.5) is 0 Å². The molecule has 0 radical (unpaired) electrons. The van der Waals surface area contributed by atoms with E-state index < -0.39 is 0 Å². The minimum Gasteiger partial charge on any atom is -0.376 e. The molecule has 1 atom stereocenters. The van der Waals surface area contributed by atoms with Gasteiger partial charge in [0.15, 0.2) is 5.11 Å². The Morgan fingerprint density at radius 2 is 2.36 bits per heavy atom. The van der Waals surface area contributed by atoms with Crippen molar-refractivity contribution < 1.29 is 4.74 Å². The summed E-state index contributed by atoms with van der Waals surface area (Å²) in [5.41, 5.74) is 6.13. The van der Waals surface area contributed by atoms with Crippen LogP contribution in [0, 0.1) is 6.92 Å². The Balaban J connectivity index is 1.56. The molecule has 1 aromatic carbocycles. The summed E-state index contributed by atoms with van der Waals surface area (Å²) in [5, 5.41) is 9.03. The van der Waals surface area contributed by atoms with Crippen LogP contribution in [0.2, 0.25) is 0 Å². The first-order valence-electron chi connectivity index (χ1n) is 7.50. The highest BCUT2D eigenvalue weighted by molar-refractivity contribution is 7.80. The molecule has 2 heterocycles. The number of nitrogens with one attached hydrogen (secondary N) is 3. The summed E-state index contributed by atoms with van der Waals surface area (Å²) in [6.07, 6.45) is 4.28. The number of hydrogen-bond donors (Lipinski definition) is 3. The molecule has 1 aliphatic heterocycles. The van der Waals surface area contributed by atoms with E-state index in [2.05, 4.69) is 33.0 Å². The lowest BCUT2D eigenvalue weighted by atomic mass is 10.1. The van der Waals surface area contributed by atoms with E-state index in [0.29, 0.717) is 5.11 Å². The molecule has 1 aliphatic rings. The second-order valence-corrected chi connectivity index (χ2v) is 5.83. The molecular weight excluding hydrogens is 296 g/mol. The Hall–Kier alpha value is -1.92. The van der Waals surface area contributed by atoms with Crippen LogP contribution in [0.3, 0.4) is 0 Å². The molecule has 3 rings (SSSR count). The maximum atomic E-state index is 5.54. The van der Waals surface area contributed by atoms with E-state index in [1.54, 1.807) is 6.21 Å². The van der Waals surface area contributed by atoms with Crippen LogP contribution < -0.4 is 10.7 Å². The maximum Gasteiger partial charge on any atom is 0.187 e. The summed E-state index contributed by atoms with van der Waals surface area (Å²) in [6, 6.07) is 8.17. The highest BCUT2D eigenvalue weighted by Gasteiger charge is 2.15. The quantitative estimate of drug-likeness (QED) is 0.461. The van der Waals surface area contributed by atoms with Crippen molar-refractivity contribution >= 4 is 34.4 Å². The van der Waals surface area contributed by atoms with Crippen molar-refractivity contribution in [3.8, 4) is 0 Å². The fraction of sp³-hybridized carbons (Fsp3) is 0.375. The molecule has 116 valence electrons. The van der Waals surface area contributed by atoms with Gasteiger partial charge in [0.1, 0.15) is 0 Å². The number of hydrogen-bond acceptors (Lipinski definition) is 3. The van der Waals surface area contributed by atoms with Gasteiger partial charge in [0.25, 0.3) is 0 Å². The molecule has 2 aromatic rings. The number of thiocarbonyl (C=S) groups is 1. The molecule has 1 fully saturated rings. The van der Waals surface area contributed by atoms with Gasteiger partial charge in [0, 0.05) is 35.3 Å². The van der Waals surface area contributed by atoms with Crippen LogP contribution >= 0.6 is 12.2 Å². The number of rotatable bonds is 4. The van der Waals surface area contributed by atoms with E-state index in [4.69, 9.17) is 17.0 Å². The fourth-order valence-corrected chi connectivity index (χ4v) is 2.81. The van der Waals surface area contributed by atoms with Gasteiger partial charge in [0.2, 0.25) is 0 Å². The average Bonchev–Trinajstić information content (AvgIpc) is 3.13. The third-order valence-corrected chi connectivity index (χ3v) is 4.05. The Morgan fingerprint density at radius 1 is 1.50 bits per heavy atom. The Morgan fingerprint density at radius 3 is 3.18 bits per heavy atom. The highest BCUT2D eigenvalue weighted by Crippen LogP contribution is 2.19. The van der Waals surface area contributed by atoms with E-state index >= 15 is 0 Å². The van der Waals surface area contributed by atoms with Gasteiger partial charge in [-0.25, -0.2) is 0 Å². The maximum absolute atomic E-state index is 5.54. The number of H-pyrrole nitrogens is 1. The van der Waals surface area contributed by atoms with Gasteiger partial charge in [-0.1, -0.05) is 18.2 Å². The van der Waals surface area contributed by atoms with E-state index in [1.807, 2.05) is 19.1 Å². The zero-order chi connectivity index (χ0) is 15.4. The lowest BCUT2D eigenvalue weighted by Gasteiger charge is -2.11. The number of fused-ring (bicyclic) bond motifs is 1. The van der Waals surface area contributed by atoms with Crippen molar-refractivity contribution in [1.29, 1.82) is 0 Å². The van der Waals surface area contributed by atoms with Crippen molar-refractivity contribution in [2.24, 2.45) is 5.10 Å². The SMILES string of the molecule is Cc1[nH]c2ccccc2c1/C=N/NC(=S)NC[C@@H]1CCCO1. The van der Waals surface area contributed by atoms with Crippen molar-refractivity contribution in [2.45, 2.75) is 25.9 Å². The molecule has 0 saturated carbocycles. The largest absolute Gasteiger partial charge is 0.376 e. The van der Waals surface area contributed by atoms with Gasteiger partial charge >= 0.3 is 0 Å². The molecule has 0 amide bonds. The molecule has 1 saturated heterocycles. The Labute approximate surface area is 135 Å². The number of aromatic nitrogens is 1. The van der Waals surface area contributed by atoms with Crippen molar-refractivity contribution in [2.75, 3.05) is 13.2 Å². The second-order valence-electron chi connectivity index (χ2n) is 5.42. The third-order valence-electron chi connectivity index (χ3n) is 3.82. The number of para-hydroxylation sites is 1. The Bertz CT molecular complexity index is 689. The predicted octanol–water partition coefficient (Wildman–Crippen LogP) is 2.45. The summed E-state index contributed by atoms with van der Waals surface area (Å²) in [4.78, 5) is 3.34. The summed E-state index contributed by atoms with van der Waals surface area (Å²) >= 11 is 5.21. The smallest absolute Gasteiger partial charge is 0.187 e. The van der Waals surface area contributed by atoms with Crippen LogP contribution in [0.5, 0.6) is 0 Å². The molecule has 0 unspecified atom stereocenters. The van der Waals surface area contributed by atoms with Crippen molar-refractivity contribution in [1.82, 2.24) is 15.7 Å². The minimum absolute atomic E-state index is 0.264. The zero-order valence-electron chi connectivity index (χ0n) is 12.6. The first kappa shape index (κ1) is 15.0. The minimum atomic E-state index is 0.264. The summed E-state index contributed by atoms with van der Waals surface area (Å²) < 4.78 is 5.54. The third kappa shape index (κ3) is 3.45. The van der Waals surface area contributed by atoms with Crippen molar-refractivity contribution in [3.63, 3.8) is 0 Å². The van der Waals surface area contributed by atoms with Crippen LogP contribution in [0.1, 0.15) is 24.1 Å². The Kier molecular flexibility index (Phi) is 4.70. The summed E-state index contributed by atoms with van der Waals surface area (Å²) in [7, 11) is 0. The summed E-state index contributed by atoms with van der Waals surface area (Å²) in [5.74, 6) is 0. The first-order valence-corrected chi connectivity index (χ1v) is 7.90. The number of benzene rings is 1. The standard InChI is InChI=1S/C16H20N4OS/c1-11-14(13-6-2-3-7-15(13)19-11)10-18-20-16(22)17-9-12-5-4-8-21-12/h2-3,6-7,10,12,19H,4-5,8-9H2,1H3,(H2,17,20,22)/b18-10+/t12-/m0/s1. The normalized spacial score (nSPS) is 18.1.